The Balaban J connectivity index is 0.00000115. The van der Waals surface area contributed by atoms with E-state index in [1.807, 2.05) is 0 Å². The summed E-state index contributed by atoms with van der Waals surface area (Å²) in [5.41, 5.74) is 6.95. The molecule has 0 unspecified atom stereocenters. The molecule has 0 amide bonds. The first kappa shape index (κ1) is 29.7. The number of hydrogen-bond donors (Lipinski definition) is 0. The van der Waals surface area contributed by atoms with Crippen LogP contribution in [-0.4, -0.2) is 16.1 Å². The third-order valence-electron chi connectivity index (χ3n) is 6.76. The Labute approximate surface area is 239 Å². The Morgan fingerprint density at radius 1 is 0.694 bits per heavy atom. The van der Waals surface area contributed by atoms with Crippen LogP contribution in [-0.2, 0) is 26.3 Å². The number of benzene rings is 3. The average molecular weight is 630 g/mol. The summed E-state index contributed by atoms with van der Waals surface area (Å²) >= 11 is -0.826. The number of fused-ring (bicyclic) bond motifs is 1. The Morgan fingerprint density at radius 2 is 1.22 bits per heavy atom. The Bertz CT molecular complexity index is 1290. The monoisotopic (exact) mass is 627 g/mol. The van der Waals surface area contributed by atoms with Crippen LogP contribution >= 0.6 is 17.0 Å². The molecule has 4 rings (SSSR count). The first-order valence-corrected chi connectivity index (χ1v) is 25.9. The minimum atomic E-state index is -1.46. The molecule has 4 aromatic carbocycles. The van der Waals surface area contributed by atoms with Crippen molar-refractivity contribution in [2.24, 2.45) is 0 Å². The quantitative estimate of drug-likeness (QED) is 0.156. The number of rotatable bonds is 4. The summed E-state index contributed by atoms with van der Waals surface area (Å²) in [5, 5.41) is 5.87. The van der Waals surface area contributed by atoms with E-state index in [4.69, 9.17) is 17.0 Å². The van der Waals surface area contributed by atoms with Crippen molar-refractivity contribution in [3.8, 4) is 22.3 Å². The molecular weight excluding hydrogens is 591 g/mol. The van der Waals surface area contributed by atoms with E-state index < -0.39 is 37.0 Å². The minimum absolute atomic E-state index is 0.0716. The summed E-state index contributed by atoms with van der Waals surface area (Å²) < 4.78 is 0. The maximum absolute atomic E-state index is 4.93. The van der Waals surface area contributed by atoms with Crippen LogP contribution in [0, 0.1) is 0 Å². The second kappa shape index (κ2) is 11.5. The molecule has 0 heterocycles. The third kappa shape index (κ3) is 6.97. The maximum atomic E-state index is 4.93. The van der Waals surface area contributed by atoms with E-state index in [-0.39, 0.29) is 5.41 Å². The molecule has 0 fully saturated rings. The van der Waals surface area contributed by atoms with Gasteiger partial charge in [0.1, 0.15) is 0 Å². The van der Waals surface area contributed by atoms with Crippen LogP contribution in [0.2, 0.25) is 39.3 Å². The summed E-state index contributed by atoms with van der Waals surface area (Å²) in [7, 11) is 6.94. The zero-order valence-corrected chi connectivity index (χ0v) is 29.2. The fourth-order valence-electron chi connectivity index (χ4n) is 4.65. The molecule has 0 bridgehead atoms. The van der Waals surface area contributed by atoms with Gasteiger partial charge in [0.2, 0.25) is 0 Å². The standard InChI is InChI=1S/C31H39Si2.2ClH.Zr/c1-31(2,3)29-16-15-23-17-24(22-13-11-10-12-14-22)20-28(23)30(29)25-18-26(32(4,5)6)21-27(19-25)33(7,8)9;;;/h10-21H,1-9H3;2*1H;/q-1;;;+2/p-2. The summed E-state index contributed by atoms with van der Waals surface area (Å²) in [4.78, 5) is 0. The molecule has 5 heteroatoms. The number of halogens is 2. The fraction of sp³-hybridized carbons (Fsp3) is 0.323. The van der Waals surface area contributed by atoms with Crippen molar-refractivity contribution in [3.05, 3.63) is 78.4 Å². The van der Waals surface area contributed by atoms with E-state index in [9.17, 15) is 0 Å². The molecule has 0 nitrogen and oxygen atoms in total. The molecule has 0 saturated heterocycles. The van der Waals surface area contributed by atoms with Gasteiger partial charge in [-0.05, 0) is 22.1 Å². The SMILES string of the molecule is CC(C)(C)c1ccc2[cH-]c(-c3ccccc3)cc2c1-c1cc([Si](C)(C)C)cc([Si](C)(C)C)c1.[Cl][Zr][Cl]. The van der Waals surface area contributed by atoms with E-state index in [2.05, 4.69) is 133 Å². The molecule has 0 aliphatic carbocycles. The molecule has 0 spiro atoms. The van der Waals surface area contributed by atoms with Crippen molar-refractivity contribution in [2.45, 2.75) is 65.5 Å². The van der Waals surface area contributed by atoms with Gasteiger partial charge in [0.05, 0.1) is 16.1 Å². The molecule has 0 atom stereocenters. The predicted octanol–water partition coefficient (Wildman–Crippen LogP) is 9.66. The number of hydrogen-bond acceptors (Lipinski definition) is 0. The first-order chi connectivity index (χ1) is 16.7. The second-order valence-corrected chi connectivity index (χ2v) is 26.6. The van der Waals surface area contributed by atoms with Gasteiger partial charge in [-0.25, -0.2) is 0 Å². The molecule has 190 valence electrons. The van der Waals surface area contributed by atoms with Crippen molar-refractivity contribution in [1.29, 1.82) is 0 Å². The first-order valence-electron chi connectivity index (χ1n) is 12.6. The van der Waals surface area contributed by atoms with Crippen LogP contribution < -0.4 is 10.4 Å². The molecule has 0 aliphatic heterocycles. The van der Waals surface area contributed by atoms with E-state index in [0.29, 0.717) is 0 Å². The van der Waals surface area contributed by atoms with Crippen molar-refractivity contribution in [1.82, 2.24) is 0 Å². The zero-order valence-electron chi connectivity index (χ0n) is 23.2. The molecule has 0 saturated carbocycles. The van der Waals surface area contributed by atoms with Crippen LogP contribution in [0.1, 0.15) is 26.3 Å². The average Bonchev–Trinajstić information content (AvgIpc) is 3.22. The van der Waals surface area contributed by atoms with Gasteiger partial charge in [-0.15, -0.1) is 34.5 Å². The fourth-order valence-corrected chi connectivity index (χ4v) is 7.15. The second-order valence-electron chi connectivity index (χ2n) is 12.7. The van der Waals surface area contributed by atoms with Gasteiger partial charge in [0, 0.05) is 0 Å². The molecular formula is C31H39Cl2Si2Zr-. The molecule has 0 radical (unpaired) electrons. The Kier molecular flexibility index (Phi) is 9.49. The van der Waals surface area contributed by atoms with Gasteiger partial charge in [-0.1, -0.05) is 131 Å². The summed E-state index contributed by atoms with van der Waals surface area (Å²) in [6, 6.07) is 27.9. The van der Waals surface area contributed by atoms with Crippen LogP contribution in [0.15, 0.2) is 72.8 Å². The summed E-state index contributed by atoms with van der Waals surface area (Å²) in [6.45, 7) is 21.9. The Hall–Kier alpha value is -0.833. The van der Waals surface area contributed by atoms with E-state index in [0.717, 1.165) is 0 Å². The van der Waals surface area contributed by atoms with Gasteiger partial charge in [-0.3, -0.25) is 0 Å². The van der Waals surface area contributed by atoms with Crippen molar-refractivity contribution in [3.63, 3.8) is 0 Å². The van der Waals surface area contributed by atoms with Gasteiger partial charge >= 0.3 is 37.9 Å². The molecule has 0 N–H and O–H groups in total. The molecule has 4 aromatic rings. The molecule has 36 heavy (non-hydrogen) atoms. The topological polar surface area (TPSA) is 0 Å². The predicted molar refractivity (Wildman–Crippen MR) is 167 cm³/mol. The van der Waals surface area contributed by atoms with Crippen molar-refractivity contribution < 1.29 is 20.8 Å². The van der Waals surface area contributed by atoms with Gasteiger partial charge in [0.15, 0.2) is 0 Å². The van der Waals surface area contributed by atoms with Crippen LogP contribution in [0.25, 0.3) is 33.0 Å². The molecule has 0 aromatic heterocycles. The normalized spacial score (nSPS) is 12.3. The van der Waals surface area contributed by atoms with Crippen LogP contribution in [0.3, 0.4) is 0 Å². The van der Waals surface area contributed by atoms with Crippen LogP contribution in [0.5, 0.6) is 0 Å². The molecule has 0 aliphatic rings. The van der Waals surface area contributed by atoms with E-state index in [1.54, 1.807) is 10.4 Å². The van der Waals surface area contributed by atoms with Crippen molar-refractivity contribution in [2.75, 3.05) is 0 Å². The third-order valence-corrected chi connectivity index (χ3v) is 10.8. The van der Waals surface area contributed by atoms with E-state index >= 15 is 0 Å². The van der Waals surface area contributed by atoms with Gasteiger partial charge < -0.3 is 0 Å². The summed E-state index contributed by atoms with van der Waals surface area (Å²) in [6.07, 6.45) is 0. The summed E-state index contributed by atoms with van der Waals surface area (Å²) in [5.74, 6) is 0. The van der Waals surface area contributed by atoms with Crippen molar-refractivity contribution >= 4 is 54.3 Å². The van der Waals surface area contributed by atoms with Gasteiger partial charge in [-0.2, -0.15) is 0 Å². The van der Waals surface area contributed by atoms with E-state index in [1.165, 1.54) is 38.6 Å². The zero-order chi connectivity index (χ0) is 26.9. The van der Waals surface area contributed by atoms with Crippen LogP contribution in [0.4, 0.5) is 0 Å². The van der Waals surface area contributed by atoms with Gasteiger partial charge in [0.25, 0.3) is 0 Å². The Morgan fingerprint density at radius 3 is 1.69 bits per heavy atom.